The van der Waals surface area contributed by atoms with E-state index in [4.69, 9.17) is 9.47 Å². The number of nitrogens with one attached hydrogen (secondary N) is 1. The summed E-state index contributed by atoms with van der Waals surface area (Å²) in [5, 5.41) is 3.72. The minimum atomic E-state index is 0.602. The minimum absolute atomic E-state index is 0.602. The van der Waals surface area contributed by atoms with E-state index in [0.29, 0.717) is 6.04 Å². The number of benzene rings is 1. The zero-order valence-corrected chi connectivity index (χ0v) is 12.9. The maximum absolute atomic E-state index is 5.38. The lowest BCUT2D eigenvalue weighted by atomic mass is 9.88. The molecule has 1 aromatic carbocycles. The highest BCUT2D eigenvalue weighted by Crippen LogP contribution is 2.25. The summed E-state index contributed by atoms with van der Waals surface area (Å²) in [6, 6.07) is 7.10. The van der Waals surface area contributed by atoms with E-state index in [-0.39, 0.29) is 0 Å². The molecular formula is C17H26N2O2. The third-order valence-corrected chi connectivity index (χ3v) is 4.61. The van der Waals surface area contributed by atoms with Crippen LogP contribution in [-0.4, -0.2) is 57.4 Å². The third-order valence-electron chi connectivity index (χ3n) is 4.61. The van der Waals surface area contributed by atoms with Crippen LogP contribution in [0.3, 0.4) is 0 Å². The minimum Gasteiger partial charge on any atom is -0.497 e. The van der Waals surface area contributed by atoms with Gasteiger partial charge in [0.15, 0.2) is 0 Å². The van der Waals surface area contributed by atoms with Crippen molar-refractivity contribution in [1.29, 1.82) is 0 Å². The predicted molar refractivity (Wildman–Crippen MR) is 84.1 cm³/mol. The number of morpholine rings is 1. The summed E-state index contributed by atoms with van der Waals surface area (Å²) in [6.07, 6.45) is 3.53. The standard InChI is InChI=1S/C17H26N2O2/c1-20-17-5-3-14-2-4-16(12-15(14)13-17)18-6-7-19-8-10-21-11-9-19/h3,5,13,16,18H,2,4,6-12H2,1H3. The summed E-state index contributed by atoms with van der Waals surface area (Å²) in [5.41, 5.74) is 2.94. The van der Waals surface area contributed by atoms with Gasteiger partial charge in [0.1, 0.15) is 5.75 Å². The van der Waals surface area contributed by atoms with Crippen LogP contribution >= 0.6 is 0 Å². The molecule has 0 aromatic heterocycles. The molecule has 1 N–H and O–H groups in total. The first-order chi connectivity index (χ1) is 10.3. The molecule has 1 atom stereocenters. The van der Waals surface area contributed by atoms with Crippen molar-refractivity contribution in [3.63, 3.8) is 0 Å². The van der Waals surface area contributed by atoms with Crippen molar-refractivity contribution in [3.8, 4) is 5.75 Å². The summed E-state index contributed by atoms with van der Waals surface area (Å²) < 4.78 is 10.7. The molecule has 1 heterocycles. The molecule has 1 saturated heterocycles. The number of methoxy groups -OCH3 is 1. The van der Waals surface area contributed by atoms with Gasteiger partial charge in [-0.05, 0) is 42.5 Å². The van der Waals surface area contributed by atoms with Gasteiger partial charge in [0.2, 0.25) is 0 Å². The SMILES string of the molecule is COc1ccc2c(c1)CC(NCCN1CCOCC1)CC2. The zero-order valence-electron chi connectivity index (χ0n) is 12.9. The lowest BCUT2D eigenvalue weighted by molar-refractivity contribution is 0.0381. The molecule has 3 rings (SSSR count). The molecule has 1 aliphatic heterocycles. The summed E-state index contributed by atoms with van der Waals surface area (Å²) in [4.78, 5) is 2.48. The van der Waals surface area contributed by atoms with Gasteiger partial charge in [-0.15, -0.1) is 0 Å². The van der Waals surface area contributed by atoms with Crippen LogP contribution in [0.15, 0.2) is 18.2 Å². The molecule has 0 radical (unpaired) electrons. The lowest BCUT2D eigenvalue weighted by Crippen LogP contribution is -2.43. The summed E-state index contributed by atoms with van der Waals surface area (Å²) >= 11 is 0. The van der Waals surface area contributed by atoms with E-state index < -0.39 is 0 Å². The molecule has 0 saturated carbocycles. The van der Waals surface area contributed by atoms with E-state index in [2.05, 4.69) is 28.4 Å². The van der Waals surface area contributed by atoms with Crippen molar-refractivity contribution < 1.29 is 9.47 Å². The van der Waals surface area contributed by atoms with E-state index in [1.165, 1.54) is 24.0 Å². The Kier molecular flexibility index (Phi) is 5.12. The molecule has 0 bridgehead atoms. The van der Waals surface area contributed by atoms with E-state index in [1.54, 1.807) is 7.11 Å². The van der Waals surface area contributed by atoms with Crippen molar-refractivity contribution >= 4 is 0 Å². The summed E-state index contributed by atoms with van der Waals surface area (Å²) in [6.45, 7) is 6.13. The Morgan fingerprint density at radius 3 is 2.95 bits per heavy atom. The van der Waals surface area contributed by atoms with Gasteiger partial charge in [-0.3, -0.25) is 4.90 Å². The molecule has 0 spiro atoms. The van der Waals surface area contributed by atoms with Crippen LogP contribution in [0.25, 0.3) is 0 Å². The normalized spacial score (nSPS) is 22.8. The van der Waals surface area contributed by atoms with E-state index in [1.807, 2.05) is 0 Å². The fourth-order valence-electron chi connectivity index (χ4n) is 3.29. The molecular weight excluding hydrogens is 264 g/mol. The smallest absolute Gasteiger partial charge is 0.119 e. The third kappa shape index (κ3) is 3.96. The van der Waals surface area contributed by atoms with Gasteiger partial charge in [0.25, 0.3) is 0 Å². The van der Waals surface area contributed by atoms with E-state index >= 15 is 0 Å². The fourth-order valence-corrected chi connectivity index (χ4v) is 3.29. The second kappa shape index (κ2) is 7.25. The Morgan fingerprint density at radius 1 is 1.29 bits per heavy atom. The Morgan fingerprint density at radius 2 is 2.14 bits per heavy atom. The Bertz CT molecular complexity index is 458. The van der Waals surface area contributed by atoms with Crippen molar-refractivity contribution in [3.05, 3.63) is 29.3 Å². The second-order valence-electron chi connectivity index (χ2n) is 5.98. The van der Waals surface area contributed by atoms with Crippen molar-refractivity contribution in [2.45, 2.75) is 25.3 Å². The van der Waals surface area contributed by atoms with Gasteiger partial charge < -0.3 is 14.8 Å². The van der Waals surface area contributed by atoms with Crippen LogP contribution in [0.5, 0.6) is 5.75 Å². The largest absolute Gasteiger partial charge is 0.497 e. The van der Waals surface area contributed by atoms with Gasteiger partial charge >= 0.3 is 0 Å². The molecule has 4 heteroatoms. The van der Waals surface area contributed by atoms with Gasteiger partial charge in [-0.2, -0.15) is 0 Å². The Balaban J connectivity index is 1.47. The van der Waals surface area contributed by atoms with Gasteiger partial charge in [-0.1, -0.05) is 6.07 Å². The predicted octanol–water partition coefficient (Wildman–Crippen LogP) is 1.47. The van der Waals surface area contributed by atoms with Crippen LogP contribution in [0.4, 0.5) is 0 Å². The van der Waals surface area contributed by atoms with Crippen molar-refractivity contribution in [1.82, 2.24) is 10.2 Å². The maximum Gasteiger partial charge on any atom is 0.119 e. The molecule has 116 valence electrons. The first kappa shape index (κ1) is 14.8. The van der Waals surface area contributed by atoms with Crippen LogP contribution in [-0.2, 0) is 17.6 Å². The van der Waals surface area contributed by atoms with Crippen LogP contribution in [0.2, 0.25) is 0 Å². The fraction of sp³-hybridized carbons (Fsp3) is 0.647. The van der Waals surface area contributed by atoms with Crippen LogP contribution in [0.1, 0.15) is 17.5 Å². The number of nitrogens with zero attached hydrogens (tertiary/aromatic N) is 1. The highest BCUT2D eigenvalue weighted by molar-refractivity contribution is 5.37. The van der Waals surface area contributed by atoms with E-state index in [9.17, 15) is 0 Å². The summed E-state index contributed by atoms with van der Waals surface area (Å²) in [5.74, 6) is 0.975. The Labute approximate surface area is 127 Å². The van der Waals surface area contributed by atoms with Gasteiger partial charge in [0.05, 0.1) is 20.3 Å². The molecule has 4 nitrogen and oxygen atoms in total. The zero-order chi connectivity index (χ0) is 14.5. The average Bonchev–Trinajstić information content (AvgIpc) is 2.55. The topological polar surface area (TPSA) is 33.7 Å². The van der Waals surface area contributed by atoms with Crippen LogP contribution in [0, 0.1) is 0 Å². The van der Waals surface area contributed by atoms with Gasteiger partial charge in [-0.25, -0.2) is 0 Å². The molecule has 1 aromatic rings. The van der Waals surface area contributed by atoms with E-state index in [0.717, 1.165) is 51.6 Å². The summed E-state index contributed by atoms with van der Waals surface area (Å²) in [7, 11) is 1.74. The highest BCUT2D eigenvalue weighted by Gasteiger charge is 2.19. The molecule has 1 aliphatic carbocycles. The quantitative estimate of drug-likeness (QED) is 0.890. The molecule has 0 amide bonds. The van der Waals surface area contributed by atoms with Crippen molar-refractivity contribution in [2.75, 3.05) is 46.5 Å². The van der Waals surface area contributed by atoms with Gasteiger partial charge in [0, 0.05) is 32.2 Å². The first-order valence-corrected chi connectivity index (χ1v) is 8.04. The highest BCUT2D eigenvalue weighted by atomic mass is 16.5. The number of fused-ring (bicyclic) bond motifs is 1. The average molecular weight is 290 g/mol. The first-order valence-electron chi connectivity index (χ1n) is 8.04. The molecule has 1 unspecified atom stereocenters. The lowest BCUT2D eigenvalue weighted by Gasteiger charge is -2.29. The number of rotatable bonds is 5. The van der Waals surface area contributed by atoms with Crippen molar-refractivity contribution in [2.24, 2.45) is 0 Å². The van der Waals surface area contributed by atoms with Crippen LogP contribution < -0.4 is 10.1 Å². The second-order valence-corrected chi connectivity index (χ2v) is 5.98. The molecule has 2 aliphatic rings. The maximum atomic E-state index is 5.38. The number of hydrogen-bond donors (Lipinski definition) is 1. The Hall–Kier alpha value is -1.10. The number of ether oxygens (including phenoxy) is 2. The number of aryl methyl sites for hydroxylation is 1. The monoisotopic (exact) mass is 290 g/mol. The molecule has 21 heavy (non-hydrogen) atoms. The molecule has 1 fully saturated rings. The number of hydrogen-bond acceptors (Lipinski definition) is 4.